The molecule has 0 amide bonds. The van der Waals surface area contributed by atoms with E-state index in [4.69, 9.17) is 0 Å². The standard InChI is InChI=1S/C3H2NOS/c5-4-2-1-3-6-4/h1,3H. The fourth-order valence-electron chi connectivity index (χ4n) is 0.207. The first-order valence-corrected chi connectivity index (χ1v) is 2.28. The van der Waals surface area contributed by atoms with Crippen LogP contribution in [0.15, 0.2) is 11.4 Å². The third-order valence-electron chi connectivity index (χ3n) is 0.405. The zero-order chi connectivity index (χ0) is 4.41. The molecule has 1 rings (SSSR count). The lowest BCUT2D eigenvalue weighted by molar-refractivity contribution is -0.534. The molecule has 1 heterocycles. The monoisotopic (exact) mass is 100.0 g/mol. The molecule has 0 fully saturated rings. The molecule has 0 saturated carbocycles. The zero-order valence-electron chi connectivity index (χ0n) is 2.92. The largest absolute Gasteiger partial charge is 0.605 e. The Bertz CT molecular complexity index is 114. The Hall–Kier alpha value is -0.570. The van der Waals surface area contributed by atoms with Gasteiger partial charge in [-0.1, -0.05) is 4.12 Å². The fourth-order valence-corrected chi connectivity index (χ4v) is 0.561. The van der Waals surface area contributed by atoms with E-state index in [1.165, 1.54) is 0 Å². The summed E-state index contributed by atoms with van der Waals surface area (Å²) in [5.74, 6) is 0. The van der Waals surface area contributed by atoms with Crippen LogP contribution in [0.3, 0.4) is 0 Å². The molecule has 1 radical (unpaired) electrons. The van der Waals surface area contributed by atoms with Crippen LogP contribution < -0.4 is 4.12 Å². The van der Waals surface area contributed by atoms with E-state index in [0.29, 0.717) is 4.12 Å². The Morgan fingerprint density at radius 3 is 2.83 bits per heavy atom. The van der Waals surface area contributed by atoms with Gasteiger partial charge in [-0.15, -0.1) is 0 Å². The lowest BCUT2D eigenvalue weighted by Gasteiger charge is -1.75. The van der Waals surface area contributed by atoms with E-state index in [1.54, 1.807) is 11.4 Å². The smallest absolute Gasteiger partial charge is 0.305 e. The summed E-state index contributed by atoms with van der Waals surface area (Å²) in [5, 5.41) is 11.6. The van der Waals surface area contributed by atoms with Crippen molar-refractivity contribution in [3.63, 3.8) is 0 Å². The van der Waals surface area contributed by atoms with E-state index in [9.17, 15) is 5.21 Å². The van der Waals surface area contributed by atoms with Gasteiger partial charge in [-0.2, -0.15) is 0 Å². The van der Waals surface area contributed by atoms with Crippen LogP contribution in [0.4, 0.5) is 0 Å². The van der Waals surface area contributed by atoms with Gasteiger partial charge in [0.1, 0.15) is 11.5 Å². The molecular formula is C3H2NOS. The maximum atomic E-state index is 9.95. The number of nitrogens with zero attached hydrogens (tertiary/aromatic N) is 1. The number of hydrogen-bond acceptors (Lipinski definition) is 2. The second kappa shape index (κ2) is 1.26. The molecule has 1 aromatic heterocycles. The normalized spacial score (nSPS) is 8.67. The number of hydrogen-bond donors (Lipinski definition) is 0. The highest BCUT2D eigenvalue weighted by Gasteiger charge is 1.82. The molecule has 0 spiro atoms. The van der Waals surface area contributed by atoms with Crippen LogP contribution in [0, 0.1) is 11.4 Å². The first kappa shape index (κ1) is 3.61. The van der Waals surface area contributed by atoms with Crippen molar-refractivity contribution < 1.29 is 4.12 Å². The molecular weight excluding hydrogens is 98.1 g/mol. The Morgan fingerprint density at radius 1 is 1.83 bits per heavy atom. The van der Waals surface area contributed by atoms with E-state index < -0.39 is 0 Å². The van der Waals surface area contributed by atoms with Crippen LogP contribution in [0.5, 0.6) is 0 Å². The van der Waals surface area contributed by atoms with Gasteiger partial charge in [0.2, 0.25) is 0 Å². The fraction of sp³-hybridized carbons (Fsp3) is 0. The minimum atomic E-state index is 0.667. The van der Waals surface area contributed by atoms with Crippen LogP contribution in [0.1, 0.15) is 0 Å². The Kier molecular flexibility index (Phi) is 0.759. The minimum absolute atomic E-state index is 0.667. The quantitative estimate of drug-likeness (QED) is 0.337. The Balaban J connectivity index is 3.05. The summed E-state index contributed by atoms with van der Waals surface area (Å²) in [6, 6.07) is 1.58. The maximum Gasteiger partial charge on any atom is 0.305 e. The van der Waals surface area contributed by atoms with Crippen LogP contribution in [-0.4, -0.2) is 0 Å². The van der Waals surface area contributed by atoms with Crippen molar-refractivity contribution in [2.75, 3.05) is 0 Å². The van der Waals surface area contributed by atoms with Crippen molar-refractivity contribution in [2.45, 2.75) is 0 Å². The van der Waals surface area contributed by atoms with Gasteiger partial charge in [0.15, 0.2) is 0 Å². The van der Waals surface area contributed by atoms with Crippen LogP contribution in [0.2, 0.25) is 0 Å². The molecule has 3 heteroatoms. The lowest BCUT2D eigenvalue weighted by atomic mass is 10.8. The van der Waals surface area contributed by atoms with Crippen LogP contribution in [0.25, 0.3) is 0 Å². The molecule has 1 aromatic rings. The van der Waals surface area contributed by atoms with Gasteiger partial charge < -0.3 is 5.21 Å². The summed E-state index contributed by atoms with van der Waals surface area (Å²) in [6.07, 6.45) is 2.38. The van der Waals surface area contributed by atoms with E-state index >= 15 is 0 Å². The Morgan fingerprint density at radius 2 is 2.67 bits per heavy atom. The summed E-state index contributed by atoms with van der Waals surface area (Å²) >= 11 is 1.08. The molecule has 2 nitrogen and oxygen atoms in total. The average Bonchev–Trinajstić information content (AvgIpc) is 1.86. The van der Waals surface area contributed by atoms with E-state index in [0.717, 1.165) is 11.5 Å². The van der Waals surface area contributed by atoms with Crippen molar-refractivity contribution in [1.29, 1.82) is 0 Å². The van der Waals surface area contributed by atoms with Gasteiger partial charge in [0.25, 0.3) is 0 Å². The molecule has 0 atom stereocenters. The van der Waals surface area contributed by atoms with E-state index in [2.05, 4.69) is 6.20 Å². The average molecular weight is 100 g/mol. The van der Waals surface area contributed by atoms with Crippen LogP contribution >= 0.6 is 11.5 Å². The van der Waals surface area contributed by atoms with Gasteiger partial charge in [-0.25, -0.2) is 0 Å². The van der Waals surface area contributed by atoms with Gasteiger partial charge in [-0.3, -0.25) is 0 Å². The van der Waals surface area contributed by atoms with Crippen molar-refractivity contribution >= 4 is 11.5 Å². The summed E-state index contributed by atoms with van der Waals surface area (Å²) in [7, 11) is 0. The third kappa shape index (κ3) is 0.490. The molecule has 0 saturated heterocycles. The molecule has 0 aliphatic carbocycles. The van der Waals surface area contributed by atoms with Gasteiger partial charge >= 0.3 is 6.20 Å². The minimum Gasteiger partial charge on any atom is -0.605 e. The van der Waals surface area contributed by atoms with Crippen molar-refractivity contribution in [1.82, 2.24) is 0 Å². The maximum absolute atomic E-state index is 9.95. The number of rotatable bonds is 0. The predicted molar refractivity (Wildman–Crippen MR) is 22.1 cm³/mol. The van der Waals surface area contributed by atoms with Gasteiger partial charge in [0, 0.05) is 6.07 Å². The molecule has 0 bridgehead atoms. The van der Waals surface area contributed by atoms with Crippen molar-refractivity contribution in [2.24, 2.45) is 0 Å². The highest BCUT2D eigenvalue weighted by atomic mass is 32.1. The van der Waals surface area contributed by atoms with Crippen molar-refractivity contribution in [3.05, 3.63) is 22.9 Å². The van der Waals surface area contributed by atoms with Gasteiger partial charge in [-0.05, 0) is 0 Å². The molecule has 31 valence electrons. The van der Waals surface area contributed by atoms with Crippen molar-refractivity contribution in [3.8, 4) is 0 Å². The predicted octanol–water partition coefficient (Wildman–Crippen LogP) is 0.182. The summed E-state index contributed by atoms with van der Waals surface area (Å²) in [5.41, 5.74) is 0. The number of aromatic nitrogens is 1. The SMILES string of the molecule is [O-][n+]1[c]ccs1. The second-order valence-electron chi connectivity index (χ2n) is 0.794. The highest BCUT2D eigenvalue weighted by molar-refractivity contribution is 6.99. The van der Waals surface area contributed by atoms with E-state index in [-0.39, 0.29) is 0 Å². The molecule has 6 heavy (non-hydrogen) atoms. The summed E-state index contributed by atoms with van der Waals surface area (Å²) < 4.78 is 0.667. The zero-order valence-corrected chi connectivity index (χ0v) is 3.73. The lowest BCUT2D eigenvalue weighted by Crippen LogP contribution is -2.16. The molecule has 0 N–H and O–H groups in total. The van der Waals surface area contributed by atoms with Gasteiger partial charge in [0.05, 0.1) is 5.38 Å². The molecule has 0 aromatic carbocycles. The first-order chi connectivity index (χ1) is 2.89. The highest BCUT2D eigenvalue weighted by Crippen LogP contribution is 1.80. The third-order valence-corrected chi connectivity index (χ3v) is 0.959. The Labute approximate surface area is 39.4 Å². The topological polar surface area (TPSA) is 26.9 Å². The molecule has 0 unspecified atom stereocenters. The molecule has 0 aliphatic rings. The summed E-state index contributed by atoms with van der Waals surface area (Å²) in [6.45, 7) is 0. The van der Waals surface area contributed by atoms with Crippen LogP contribution in [-0.2, 0) is 0 Å². The summed E-state index contributed by atoms with van der Waals surface area (Å²) in [4.78, 5) is 0. The second-order valence-corrected chi connectivity index (χ2v) is 1.61. The molecule has 0 aliphatic heterocycles. The first-order valence-electron chi connectivity index (χ1n) is 1.45. The van der Waals surface area contributed by atoms with E-state index in [1.807, 2.05) is 0 Å².